The number of carbonyl (C=O) groups is 1. The number of carbonyl (C=O) groups excluding carboxylic acids is 1. The topological polar surface area (TPSA) is 53.9 Å². The zero-order valence-electron chi connectivity index (χ0n) is 17.4. The minimum atomic E-state index is -0.250. The van der Waals surface area contributed by atoms with E-state index in [1.165, 1.54) is 0 Å². The number of hydrazone groups is 1. The summed E-state index contributed by atoms with van der Waals surface area (Å²) in [5.74, 6) is 0.461. The second-order valence-electron chi connectivity index (χ2n) is 6.73. The van der Waals surface area contributed by atoms with Gasteiger partial charge in [-0.2, -0.15) is 5.10 Å². The van der Waals surface area contributed by atoms with E-state index in [1.54, 1.807) is 6.21 Å². The molecule has 0 aromatic heterocycles. The summed E-state index contributed by atoms with van der Waals surface area (Å²) in [5, 5.41) is 4.11. The molecule has 0 unspecified atom stereocenters. The van der Waals surface area contributed by atoms with Crippen LogP contribution in [0.2, 0.25) is 0 Å². The Balaban J connectivity index is 1.60. The molecule has 3 rings (SSSR count). The largest absolute Gasteiger partial charge is 0.488 e. The Hall–Kier alpha value is -3.60. The van der Waals surface area contributed by atoms with Crippen LogP contribution in [0.3, 0.4) is 0 Å². The molecule has 1 amide bonds. The molecule has 30 heavy (non-hydrogen) atoms. The first-order valence-corrected chi connectivity index (χ1v) is 10.2. The van der Waals surface area contributed by atoms with Crippen LogP contribution in [0, 0.1) is 0 Å². The van der Waals surface area contributed by atoms with E-state index in [0.29, 0.717) is 17.9 Å². The van der Waals surface area contributed by atoms with Gasteiger partial charge < -0.3 is 9.64 Å². The van der Waals surface area contributed by atoms with Crippen molar-refractivity contribution in [1.29, 1.82) is 0 Å². The molecule has 0 saturated heterocycles. The quantitative estimate of drug-likeness (QED) is 0.411. The van der Waals surface area contributed by atoms with E-state index in [1.807, 2.05) is 78.9 Å². The van der Waals surface area contributed by atoms with E-state index in [-0.39, 0.29) is 5.91 Å². The summed E-state index contributed by atoms with van der Waals surface area (Å²) in [6.45, 7) is 6.55. The van der Waals surface area contributed by atoms with Crippen molar-refractivity contribution in [3.05, 3.63) is 95.6 Å². The molecule has 0 aliphatic rings. The molecule has 3 aromatic rings. The standard InChI is InChI=1S/C25H27N3O2/c1-3-28(4-2)23-16-14-21(15-17-23)25(29)27-26-18-22-12-8-9-13-24(22)30-19-20-10-6-5-7-11-20/h5-18H,3-4,19H2,1-2H3,(H,27,29)/b26-18+. The molecule has 0 atom stereocenters. The second kappa shape index (κ2) is 10.8. The molecule has 0 aliphatic carbocycles. The number of nitrogens with zero attached hydrogens (tertiary/aromatic N) is 2. The van der Waals surface area contributed by atoms with Crippen LogP contribution < -0.4 is 15.1 Å². The highest BCUT2D eigenvalue weighted by molar-refractivity contribution is 5.95. The van der Waals surface area contributed by atoms with Gasteiger partial charge in [-0.15, -0.1) is 0 Å². The number of anilines is 1. The van der Waals surface area contributed by atoms with Gasteiger partial charge in [0, 0.05) is 29.9 Å². The van der Waals surface area contributed by atoms with Crippen molar-refractivity contribution >= 4 is 17.8 Å². The van der Waals surface area contributed by atoms with E-state index in [2.05, 4.69) is 29.3 Å². The summed E-state index contributed by atoms with van der Waals surface area (Å²) in [4.78, 5) is 14.6. The molecule has 0 fully saturated rings. The SMILES string of the molecule is CCN(CC)c1ccc(C(=O)N/N=C/c2ccccc2OCc2ccccc2)cc1. The third kappa shape index (κ3) is 5.70. The molecule has 0 spiro atoms. The highest BCUT2D eigenvalue weighted by Crippen LogP contribution is 2.18. The Bertz CT molecular complexity index is 965. The van der Waals surface area contributed by atoms with Gasteiger partial charge in [0.25, 0.3) is 5.91 Å². The second-order valence-corrected chi connectivity index (χ2v) is 6.73. The van der Waals surface area contributed by atoms with Crippen molar-refractivity contribution < 1.29 is 9.53 Å². The van der Waals surface area contributed by atoms with Crippen LogP contribution in [-0.4, -0.2) is 25.2 Å². The summed E-state index contributed by atoms with van der Waals surface area (Å²) in [6.07, 6.45) is 1.60. The molecule has 0 heterocycles. The van der Waals surface area contributed by atoms with Crippen LogP contribution in [0.1, 0.15) is 35.3 Å². The number of rotatable bonds is 9. The Morgan fingerprint density at radius 3 is 2.30 bits per heavy atom. The molecular formula is C25H27N3O2. The molecular weight excluding hydrogens is 374 g/mol. The molecule has 5 heteroatoms. The first-order valence-electron chi connectivity index (χ1n) is 10.2. The summed E-state index contributed by atoms with van der Waals surface area (Å²) in [6, 6.07) is 25.1. The number of para-hydroxylation sites is 1. The van der Waals surface area contributed by atoms with Crippen molar-refractivity contribution in [1.82, 2.24) is 5.43 Å². The number of ether oxygens (including phenoxy) is 1. The number of hydrogen-bond donors (Lipinski definition) is 1. The molecule has 1 N–H and O–H groups in total. The Kier molecular flexibility index (Phi) is 7.61. The van der Waals surface area contributed by atoms with Gasteiger partial charge in [-0.25, -0.2) is 5.43 Å². The van der Waals surface area contributed by atoms with Gasteiger partial charge in [-0.3, -0.25) is 4.79 Å². The van der Waals surface area contributed by atoms with Crippen molar-refractivity contribution in [2.45, 2.75) is 20.5 Å². The lowest BCUT2D eigenvalue weighted by atomic mass is 10.2. The Labute approximate surface area is 178 Å². The van der Waals surface area contributed by atoms with Crippen molar-refractivity contribution in [2.24, 2.45) is 5.10 Å². The zero-order valence-corrected chi connectivity index (χ0v) is 17.4. The average molecular weight is 402 g/mol. The summed E-state index contributed by atoms with van der Waals surface area (Å²) in [5.41, 5.74) is 6.14. The van der Waals surface area contributed by atoms with E-state index in [0.717, 1.165) is 29.9 Å². The lowest BCUT2D eigenvalue weighted by Crippen LogP contribution is -2.22. The van der Waals surface area contributed by atoms with Crippen molar-refractivity contribution in [2.75, 3.05) is 18.0 Å². The third-order valence-electron chi connectivity index (χ3n) is 4.78. The fourth-order valence-electron chi connectivity index (χ4n) is 3.09. The fourth-order valence-corrected chi connectivity index (χ4v) is 3.09. The van der Waals surface area contributed by atoms with Crippen molar-refractivity contribution in [3.8, 4) is 5.75 Å². The lowest BCUT2D eigenvalue weighted by molar-refractivity contribution is 0.0955. The Morgan fingerprint density at radius 2 is 1.60 bits per heavy atom. The maximum Gasteiger partial charge on any atom is 0.271 e. The summed E-state index contributed by atoms with van der Waals surface area (Å²) >= 11 is 0. The minimum Gasteiger partial charge on any atom is -0.488 e. The predicted octanol–water partition coefficient (Wildman–Crippen LogP) is 4.88. The molecule has 0 bridgehead atoms. The molecule has 0 saturated carbocycles. The Morgan fingerprint density at radius 1 is 0.933 bits per heavy atom. The monoisotopic (exact) mass is 401 g/mol. The van der Waals surface area contributed by atoms with Crippen LogP contribution >= 0.6 is 0 Å². The van der Waals surface area contributed by atoms with Gasteiger partial charge in [-0.1, -0.05) is 42.5 Å². The molecule has 0 aliphatic heterocycles. The van der Waals surface area contributed by atoms with Gasteiger partial charge in [0.2, 0.25) is 0 Å². The lowest BCUT2D eigenvalue weighted by Gasteiger charge is -2.20. The van der Waals surface area contributed by atoms with Gasteiger partial charge in [0.1, 0.15) is 12.4 Å². The van der Waals surface area contributed by atoms with Crippen LogP contribution in [0.5, 0.6) is 5.75 Å². The molecule has 0 radical (unpaired) electrons. The normalized spacial score (nSPS) is 10.7. The third-order valence-corrected chi connectivity index (χ3v) is 4.78. The maximum atomic E-state index is 12.4. The fraction of sp³-hybridized carbons (Fsp3) is 0.200. The van der Waals surface area contributed by atoms with E-state index < -0.39 is 0 Å². The zero-order chi connectivity index (χ0) is 21.2. The average Bonchev–Trinajstić information content (AvgIpc) is 2.80. The number of nitrogens with one attached hydrogen (secondary N) is 1. The van der Waals surface area contributed by atoms with Crippen LogP contribution in [0.25, 0.3) is 0 Å². The maximum absolute atomic E-state index is 12.4. The van der Waals surface area contributed by atoms with E-state index in [9.17, 15) is 4.79 Å². The molecule has 154 valence electrons. The smallest absolute Gasteiger partial charge is 0.271 e. The summed E-state index contributed by atoms with van der Waals surface area (Å²) in [7, 11) is 0. The number of benzene rings is 3. The van der Waals surface area contributed by atoms with Crippen molar-refractivity contribution in [3.63, 3.8) is 0 Å². The van der Waals surface area contributed by atoms with Gasteiger partial charge >= 0.3 is 0 Å². The molecule has 5 nitrogen and oxygen atoms in total. The van der Waals surface area contributed by atoms with Gasteiger partial charge in [-0.05, 0) is 55.8 Å². The highest BCUT2D eigenvalue weighted by Gasteiger charge is 2.07. The van der Waals surface area contributed by atoms with Crippen LogP contribution in [0.4, 0.5) is 5.69 Å². The van der Waals surface area contributed by atoms with Gasteiger partial charge in [0.05, 0.1) is 6.21 Å². The molecule has 3 aromatic carbocycles. The van der Waals surface area contributed by atoms with Crippen LogP contribution in [-0.2, 0) is 6.61 Å². The van der Waals surface area contributed by atoms with E-state index >= 15 is 0 Å². The van der Waals surface area contributed by atoms with Gasteiger partial charge in [0.15, 0.2) is 0 Å². The number of amides is 1. The predicted molar refractivity (Wildman–Crippen MR) is 122 cm³/mol. The summed E-state index contributed by atoms with van der Waals surface area (Å²) < 4.78 is 5.91. The van der Waals surface area contributed by atoms with E-state index in [4.69, 9.17) is 4.74 Å². The first kappa shape index (κ1) is 21.1. The van der Waals surface area contributed by atoms with Crippen LogP contribution in [0.15, 0.2) is 84.0 Å². The minimum absolute atomic E-state index is 0.250. The highest BCUT2D eigenvalue weighted by atomic mass is 16.5. The number of hydrogen-bond acceptors (Lipinski definition) is 4. The first-order chi connectivity index (χ1) is 14.7.